The van der Waals surface area contributed by atoms with Crippen molar-refractivity contribution in [3.8, 4) is 0 Å². The molecule has 3 heterocycles. The number of nitrogens with one attached hydrogen (secondary N) is 2. The topological polar surface area (TPSA) is 75.1 Å². The molecule has 1 unspecified atom stereocenters. The predicted molar refractivity (Wildman–Crippen MR) is 82.3 cm³/mol. The second-order valence-corrected chi connectivity index (χ2v) is 5.67. The molecule has 3 rings (SSSR count). The molecule has 108 valence electrons. The number of amides is 1. The number of nitrogens with zero attached hydrogens (tertiary/aromatic N) is 3. The van der Waals surface area contributed by atoms with Gasteiger partial charge in [-0.25, -0.2) is 4.98 Å². The number of aromatic amines is 1. The van der Waals surface area contributed by atoms with E-state index in [9.17, 15) is 4.79 Å². The number of imidazole rings is 1. The zero-order chi connectivity index (χ0) is 14.8. The number of H-pyrrole nitrogens is 1. The van der Waals surface area contributed by atoms with Gasteiger partial charge >= 0.3 is 0 Å². The van der Waals surface area contributed by atoms with Gasteiger partial charge in [-0.1, -0.05) is 11.6 Å². The lowest BCUT2D eigenvalue weighted by molar-refractivity contribution is -0.117. The quantitative estimate of drug-likeness (QED) is 0.725. The molecule has 3 aromatic heterocycles. The first-order chi connectivity index (χ1) is 10.1. The maximum Gasteiger partial charge on any atom is 0.244 e. The Morgan fingerprint density at radius 3 is 3.24 bits per heavy atom. The average molecular weight is 322 g/mol. The highest BCUT2D eigenvalue weighted by Crippen LogP contribution is 2.22. The van der Waals surface area contributed by atoms with Crippen molar-refractivity contribution >= 4 is 39.9 Å². The molecule has 0 aliphatic rings. The fraction of sp³-hybridized carbons (Fsp3) is 0.154. The molecular formula is C13H12ClN5OS. The fourth-order valence-electron chi connectivity index (χ4n) is 1.92. The number of thiazole rings is 1. The molecule has 3 aromatic rings. The lowest BCUT2D eigenvalue weighted by atomic mass is 10.2. The average Bonchev–Trinajstić information content (AvgIpc) is 3.13. The van der Waals surface area contributed by atoms with Crippen LogP contribution in [0.1, 0.15) is 24.2 Å². The number of carbonyl (C=O) groups excluding carboxylic acids is 1. The highest BCUT2D eigenvalue weighted by molar-refractivity contribution is 7.15. The molecule has 0 bridgehead atoms. The van der Waals surface area contributed by atoms with E-state index in [1.54, 1.807) is 18.5 Å². The summed E-state index contributed by atoms with van der Waals surface area (Å²) in [7, 11) is 0. The molecule has 1 atom stereocenters. The van der Waals surface area contributed by atoms with Crippen LogP contribution in [0.4, 0.5) is 0 Å². The van der Waals surface area contributed by atoms with Crippen molar-refractivity contribution in [2.75, 3.05) is 0 Å². The summed E-state index contributed by atoms with van der Waals surface area (Å²) in [5.41, 5.74) is 1.61. The Kier molecular flexibility index (Phi) is 3.76. The lowest BCUT2D eigenvalue weighted by Crippen LogP contribution is -2.24. The first-order valence-corrected chi connectivity index (χ1v) is 7.49. The molecule has 2 N–H and O–H groups in total. The van der Waals surface area contributed by atoms with Crippen LogP contribution in [-0.4, -0.2) is 25.5 Å². The standard InChI is InChI=1S/C13H12ClN5OS/c1-8(9-6-15-16-7-9)17-11(20)3-2-10-12(14)18-13-19(10)4-5-21-13/h2-8H,1H3,(H,15,16)(H,17,20)/b3-2+. The third-order valence-corrected chi connectivity index (χ3v) is 4.06. The molecule has 0 radical (unpaired) electrons. The minimum atomic E-state index is -0.204. The number of halogens is 1. The first kappa shape index (κ1) is 13.8. The molecule has 0 saturated heterocycles. The second-order valence-electron chi connectivity index (χ2n) is 4.44. The van der Waals surface area contributed by atoms with Crippen LogP contribution in [0, 0.1) is 0 Å². The van der Waals surface area contributed by atoms with Crippen molar-refractivity contribution in [1.82, 2.24) is 24.9 Å². The molecule has 0 saturated carbocycles. The minimum absolute atomic E-state index is 0.122. The van der Waals surface area contributed by atoms with Gasteiger partial charge in [0, 0.05) is 29.4 Å². The van der Waals surface area contributed by atoms with Crippen molar-refractivity contribution in [1.29, 1.82) is 0 Å². The molecule has 0 spiro atoms. The number of fused-ring (bicyclic) bond motifs is 1. The second kappa shape index (κ2) is 5.71. The molecule has 0 fully saturated rings. The van der Waals surface area contributed by atoms with Crippen molar-refractivity contribution in [3.05, 3.63) is 46.5 Å². The summed E-state index contributed by atoms with van der Waals surface area (Å²) >= 11 is 7.55. The largest absolute Gasteiger partial charge is 0.346 e. The molecule has 1 amide bonds. The molecule has 21 heavy (non-hydrogen) atoms. The van der Waals surface area contributed by atoms with Crippen LogP contribution >= 0.6 is 22.9 Å². The molecule has 6 nitrogen and oxygen atoms in total. The van der Waals surface area contributed by atoms with Gasteiger partial charge in [-0.3, -0.25) is 14.3 Å². The summed E-state index contributed by atoms with van der Waals surface area (Å²) in [5, 5.41) is 11.7. The lowest BCUT2D eigenvalue weighted by Gasteiger charge is -2.09. The fourth-order valence-corrected chi connectivity index (χ4v) is 2.93. The van der Waals surface area contributed by atoms with Crippen molar-refractivity contribution in [2.24, 2.45) is 0 Å². The third kappa shape index (κ3) is 2.84. The highest BCUT2D eigenvalue weighted by atomic mass is 35.5. The number of carbonyl (C=O) groups is 1. The number of aromatic nitrogens is 4. The van der Waals surface area contributed by atoms with Crippen LogP contribution in [0.5, 0.6) is 0 Å². The van der Waals surface area contributed by atoms with Gasteiger partial charge in [0.1, 0.15) is 0 Å². The Labute approximate surface area is 129 Å². The summed E-state index contributed by atoms with van der Waals surface area (Å²) in [6, 6.07) is -0.122. The van der Waals surface area contributed by atoms with Gasteiger partial charge in [0.05, 0.1) is 17.9 Å². The normalized spacial score (nSPS) is 13.0. The minimum Gasteiger partial charge on any atom is -0.346 e. The van der Waals surface area contributed by atoms with Gasteiger partial charge < -0.3 is 5.32 Å². The van der Waals surface area contributed by atoms with Crippen molar-refractivity contribution in [3.63, 3.8) is 0 Å². The van der Waals surface area contributed by atoms with Crippen LogP contribution in [0.3, 0.4) is 0 Å². The van der Waals surface area contributed by atoms with E-state index in [-0.39, 0.29) is 11.9 Å². The number of rotatable bonds is 4. The Morgan fingerprint density at radius 1 is 1.62 bits per heavy atom. The SMILES string of the molecule is CC(NC(=O)/C=C/c1c(Cl)nc2sccn12)c1cn[nH]c1. The zero-order valence-electron chi connectivity index (χ0n) is 11.1. The molecule has 0 aromatic carbocycles. The maximum absolute atomic E-state index is 11.9. The first-order valence-electron chi connectivity index (χ1n) is 6.23. The smallest absolute Gasteiger partial charge is 0.244 e. The van der Waals surface area contributed by atoms with E-state index < -0.39 is 0 Å². The zero-order valence-corrected chi connectivity index (χ0v) is 12.6. The van der Waals surface area contributed by atoms with Crippen LogP contribution in [-0.2, 0) is 4.79 Å². The van der Waals surface area contributed by atoms with E-state index >= 15 is 0 Å². The van der Waals surface area contributed by atoms with Crippen LogP contribution in [0.25, 0.3) is 11.0 Å². The van der Waals surface area contributed by atoms with Crippen molar-refractivity contribution < 1.29 is 4.79 Å². The molecule has 0 aliphatic heterocycles. The van der Waals surface area contributed by atoms with Gasteiger partial charge in [-0.15, -0.1) is 11.3 Å². The predicted octanol–water partition coefficient (Wildman–Crippen LogP) is 2.66. The third-order valence-electron chi connectivity index (χ3n) is 3.02. The monoisotopic (exact) mass is 321 g/mol. The Morgan fingerprint density at radius 2 is 2.48 bits per heavy atom. The Balaban J connectivity index is 1.72. The van der Waals surface area contributed by atoms with Gasteiger partial charge in [-0.05, 0) is 13.0 Å². The van der Waals surface area contributed by atoms with E-state index in [1.165, 1.54) is 17.4 Å². The molecule has 0 aliphatic carbocycles. The van der Waals surface area contributed by atoms with E-state index in [0.29, 0.717) is 10.8 Å². The van der Waals surface area contributed by atoms with Crippen LogP contribution in [0.2, 0.25) is 5.15 Å². The van der Waals surface area contributed by atoms with E-state index in [1.807, 2.05) is 22.9 Å². The van der Waals surface area contributed by atoms with Gasteiger partial charge in [0.15, 0.2) is 10.1 Å². The Bertz CT molecular complexity index is 789. The molecule has 8 heteroatoms. The van der Waals surface area contributed by atoms with E-state index in [4.69, 9.17) is 11.6 Å². The van der Waals surface area contributed by atoms with Crippen molar-refractivity contribution in [2.45, 2.75) is 13.0 Å². The van der Waals surface area contributed by atoms with Gasteiger partial charge in [0.25, 0.3) is 0 Å². The summed E-state index contributed by atoms with van der Waals surface area (Å²) in [5.74, 6) is -0.204. The molecular weight excluding hydrogens is 310 g/mol. The van der Waals surface area contributed by atoms with E-state index in [0.717, 1.165) is 10.5 Å². The van der Waals surface area contributed by atoms with Gasteiger partial charge in [-0.2, -0.15) is 5.10 Å². The van der Waals surface area contributed by atoms with Crippen LogP contribution < -0.4 is 5.32 Å². The summed E-state index contributed by atoms with van der Waals surface area (Å²) in [6.07, 6.45) is 8.40. The number of hydrogen-bond donors (Lipinski definition) is 2. The van der Waals surface area contributed by atoms with Gasteiger partial charge in [0.2, 0.25) is 5.91 Å². The Hall–Kier alpha value is -2.12. The summed E-state index contributed by atoms with van der Waals surface area (Å²) < 4.78 is 1.84. The summed E-state index contributed by atoms with van der Waals surface area (Å²) in [4.78, 5) is 16.9. The summed E-state index contributed by atoms with van der Waals surface area (Å²) in [6.45, 7) is 1.89. The van der Waals surface area contributed by atoms with Crippen LogP contribution in [0.15, 0.2) is 30.0 Å². The van der Waals surface area contributed by atoms with E-state index in [2.05, 4.69) is 20.5 Å². The highest BCUT2D eigenvalue weighted by Gasteiger charge is 2.10. The maximum atomic E-state index is 11.9. The number of hydrogen-bond acceptors (Lipinski definition) is 4.